The Balaban J connectivity index is 1.59. The van der Waals surface area contributed by atoms with Gasteiger partial charge in [-0.25, -0.2) is 4.98 Å². The van der Waals surface area contributed by atoms with Crippen LogP contribution in [0.1, 0.15) is 39.2 Å². The predicted molar refractivity (Wildman–Crippen MR) is 132 cm³/mol. The third kappa shape index (κ3) is 5.65. The van der Waals surface area contributed by atoms with Gasteiger partial charge < -0.3 is 9.64 Å². The number of benzene rings is 2. The minimum absolute atomic E-state index is 0.00451. The van der Waals surface area contributed by atoms with Crippen LogP contribution >= 0.6 is 11.8 Å². The summed E-state index contributed by atoms with van der Waals surface area (Å²) in [5.41, 5.74) is 1.33. The molecule has 0 aliphatic carbocycles. The molecule has 7 heteroatoms. The highest BCUT2D eigenvalue weighted by Crippen LogP contribution is 2.24. The van der Waals surface area contributed by atoms with Gasteiger partial charge in [-0.2, -0.15) is 0 Å². The molecule has 1 aliphatic rings. The lowest BCUT2D eigenvalue weighted by Crippen LogP contribution is -2.46. The standard InChI is InChI=1S/C26H31N3O3S/c1-26(2,3)29(16-19-10-5-4-6-11-19)23(30)18-33-25-27-22-14-8-7-13-21(22)24(31)28(25)17-20-12-9-15-32-20/h4-8,10-11,13-14,20H,9,12,15-18H2,1-3H3. The fourth-order valence-corrected chi connectivity index (χ4v) is 4.97. The molecule has 6 nitrogen and oxygen atoms in total. The number of hydrogen-bond acceptors (Lipinski definition) is 5. The summed E-state index contributed by atoms with van der Waals surface area (Å²) in [6.07, 6.45) is 1.93. The van der Waals surface area contributed by atoms with Gasteiger partial charge in [-0.1, -0.05) is 54.2 Å². The van der Waals surface area contributed by atoms with Gasteiger partial charge in [-0.05, 0) is 51.3 Å². The van der Waals surface area contributed by atoms with E-state index in [0.717, 1.165) is 25.0 Å². The second-order valence-electron chi connectivity index (χ2n) is 9.39. The highest BCUT2D eigenvalue weighted by molar-refractivity contribution is 7.99. The van der Waals surface area contributed by atoms with Gasteiger partial charge in [0.25, 0.3) is 5.56 Å². The summed E-state index contributed by atoms with van der Waals surface area (Å²) < 4.78 is 7.47. The van der Waals surface area contributed by atoms with Crippen LogP contribution in [0.4, 0.5) is 0 Å². The number of hydrogen-bond donors (Lipinski definition) is 0. The molecule has 1 saturated heterocycles. The number of thioether (sulfide) groups is 1. The van der Waals surface area contributed by atoms with Crippen molar-refractivity contribution in [1.82, 2.24) is 14.5 Å². The first-order valence-corrected chi connectivity index (χ1v) is 12.4. The largest absolute Gasteiger partial charge is 0.376 e. The number of para-hydroxylation sites is 1. The highest BCUT2D eigenvalue weighted by Gasteiger charge is 2.27. The van der Waals surface area contributed by atoms with Gasteiger partial charge in [-0.15, -0.1) is 0 Å². The number of amides is 1. The van der Waals surface area contributed by atoms with Crippen molar-refractivity contribution >= 4 is 28.6 Å². The number of carbonyl (C=O) groups excluding carboxylic acids is 1. The zero-order valence-corrected chi connectivity index (χ0v) is 20.3. The zero-order valence-electron chi connectivity index (χ0n) is 19.5. The van der Waals surface area contributed by atoms with Crippen LogP contribution in [-0.4, -0.2) is 44.4 Å². The van der Waals surface area contributed by atoms with Crippen molar-refractivity contribution < 1.29 is 9.53 Å². The van der Waals surface area contributed by atoms with E-state index in [4.69, 9.17) is 9.72 Å². The van der Waals surface area contributed by atoms with Crippen molar-refractivity contribution in [2.24, 2.45) is 0 Å². The van der Waals surface area contributed by atoms with Crippen LogP contribution in [0, 0.1) is 0 Å². The topological polar surface area (TPSA) is 64.4 Å². The normalized spacial score (nSPS) is 16.3. The molecule has 1 aromatic heterocycles. The van der Waals surface area contributed by atoms with Crippen LogP contribution in [0.3, 0.4) is 0 Å². The fraction of sp³-hybridized carbons (Fsp3) is 0.423. The lowest BCUT2D eigenvalue weighted by atomic mass is 10.0. The van der Waals surface area contributed by atoms with E-state index in [9.17, 15) is 9.59 Å². The maximum atomic E-state index is 13.3. The van der Waals surface area contributed by atoms with E-state index in [1.807, 2.05) is 74.2 Å². The Morgan fingerprint density at radius 3 is 2.58 bits per heavy atom. The van der Waals surface area contributed by atoms with Crippen LogP contribution < -0.4 is 5.56 Å². The van der Waals surface area contributed by atoms with Crippen molar-refractivity contribution in [1.29, 1.82) is 0 Å². The van der Waals surface area contributed by atoms with Gasteiger partial charge in [0.2, 0.25) is 5.91 Å². The van der Waals surface area contributed by atoms with Crippen LogP contribution in [-0.2, 0) is 22.6 Å². The molecule has 1 fully saturated rings. The molecule has 0 saturated carbocycles. The number of nitrogens with zero attached hydrogens (tertiary/aromatic N) is 3. The van der Waals surface area contributed by atoms with Crippen molar-refractivity contribution in [3.05, 3.63) is 70.5 Å². The molecular formula is C26H31N3O3S. The SMILES string of the molecule is CC(C)(C)N(Cc1ccccc1)C(=O)CSc1nc2ccccc2c(=O)n1CC1CCCO1. The van der Waals surface area contributed by atoms with Gasteiger partial charge in [0.1, 0.15) is 0 Å². The Bertz CT molecular complexity index is 1160. The number of rotatable bonds is 7. The van der Waals surface area contributed by atoms with Crippen molar-refractivity contribution in [3.8, 4) is 0 Å². The van der Waals surface area contributed by atoms with E-state index < -0.39 is 0 Å². The fourth-order valence-electron chi connectivity index (χ4n) is 4.08. The number of fused-ring (bicyclic) bond motifs is 1. The monoisotopic (exact) mass is 465 g/mol. The first kappa shape index (κ1) is 23.5. The molecule has 3 aromatic rings. The number of carbonyl (C=O) groups is 1. The number of ether oxygens (including phenoxy) is 1. The van der Waals surface area contributed by atoms with Gasteiger partial charge in [-0.3, -0.25) is 14.2 Å². The minimum atomic E-state index is -0.332. The summed E-state index contributed by atoms with van der Waals surface area (Å²) in [4.78, 5) is 33.3. The van der Waals surface area contributed by atoms with E-state index >= 15 is 0 Å². The summed E-state index contributed by atoms with van der Waals surface area (Å²) in [6, 6.07) is 17.4. The zero-order chi connectivity index (χ0) is 23.4. The molecule has 174 valence electrons. The molecule has 1 unspecified atom stereocenters. The van der Waals surface area contributed by atoms with Gasteiger partial charge >= 0.3 is 0 Å². The van der Waals surface area contributed by atoms with Crippen LogP contribution in [0.25, 0.3) is 10.9 Å². The molecule has 33 heavy (non-hydrogen) atoms. The van der Waals surface area contributed by atoms with E-state index in [2.05, 4.69) is 0 Å². The van der Waals surface area contributed by atoms with Crippen molar-refractivity contribution in [2.75, 3.05) is 12.4 Å². The van der Waals surface area contributed by atoms with Crippen LogP contribution in [0.5, 0.6) is 0 Å². The first-order chi connectivity index (χ1) is 15.8. The molecule has 1 aliphatic heterocycles. The molecule has 2 heterocycles. The Morgan fingerprint density at radius 2 is 1.88 bits per heavy atom. The Labute approximate surface area is 199 Å². The highest BCUT2D eigenvalue weighted by atomic mass is 32.2. The third-order valence-electron chi connectivity index (χ3n) is 5.86. The van der Waals surface area contributed by atoms with E-state index in [1.165, 1.54) is 11.8 Å². The van der Waals surface area contributed by atoms with Crippen LogP contribution in [0.15, 0.2) is 64.5 Å². The third-order valence-corrected chi connectivity index (χ3v) is 6.82. The van der Waals surface area contributed by atoms with Gasteiger partial charge in [0.15, 0.2) is 5.16 Å². The predicted octanol–water partition coefficient (Wildman–Crippen LogP) is 4.49. The second-order valence-corrected chi connectivity index (χ2v) is 10.3. The summed E-state index contributed by atoms with van der Waals surface area (Å²) >= 11 is 1.33. The van der Waals surface area contributed by atoms with Crippen LogP contribution in [0.2, 0.25) is 0 Å². The molecule has 0 bridgehead atoms. The molecule has 4 rings (SSSR count). The quantitative estimate of drug-likeness (QED) is 0.380. The van der Waals surface area contributed by atoms with Crippen molar-refractivity contribution in [3.63, 3.8) is 0 Å². The lowest BCUT2D eigenvalue weighted by molar-refractivity contribution is -0.133. The van der Waals surface area contributed by atoms with Gasteiger partial charge in [0, 0.05) is 18.7 Å². The average molecular weight is 466 g/mol. The summed E-state index contributed by atoms with van der Waals surface area (Å²) in [5, 5.41) is 1.16. The Morgan fingerprint density at radius 1 is 1.15 bits per heavy atom. The first-order valence-electron chi connectivity index (χ1n) is 11.4. The maximum absolute atomic E-state index is 13.3. The Hall–Kier alpha value is -2.64. The van der Waals surface area contributed by atoms with E-state index in [1.54, 1.807) is 10.6 Å². The average Bonchev–Trinajstić information content (AvgIpc) is 3.31. The molecule has 1 atom stereocenters. The number of aromatic nitrogens is 2. The summed E-state index contributed by atoms with van der Waals surface area (Å²) in [5.74, 6) is 0.225. The summed E-state index contributed by atoms with van der Waals surface area (Å²) in [6.45, 7) is 7.85. The molecule has 0 spiro atoms. The van der Waals surface area contributed by atoms with Gasteiger partial charge in [0.05, 0.1) is 29.3 Å². The Kier molecular flexibility index (Phi) is 7.20. The minimum Gasteiger partial charge on any atom is -0.376 e. The summed E-state index contributed by atoms with van der Waals surface area (Å²) in [7, 11) is 0. The molecule has 1 amide bonds. The lowest BCUT2D eigenvalue weighted by Gasteiger charge is -2.36. The second kappa shape index (κ2) is 10.1. The smallest absolute Gasteiger partial charge is 0.262 e. The molecule has 2 aromatic carbocycles. The van der Waals surface area contributed by atoms with Crippen molar-refractivity contribution in [2.45, 2.75) is 63.5 Å². The van der Waals surface area contributed by atoms with E-state index in [-0.39, 0.29) is 28.9 Å². The van der Waals surface area contributed by atoms with E-state index in [0.29, 0.717) is 29.1 Å². The molecular weight excluding hydrogens is 434 g/mol. The maximum Gasteiger partial charge on any atom is 0.262 e. The molecule has 0 radical (unpaired) electrons. The molecule has 0 N–H and O–H groups in total.